The van der Waals surface area contributed by atoms with Crippen molar-refractivity contribution in [2.75, 3.05) is 18.1 Å². The molecule has 1 unspecified atom stereocenters. The third kappa shape index (κ3) is 4.67. The molecule has 0 saturated carbocycles. The van der Waals surface area contributed by atoms with E-state index >= 15 is 0 Å². The molecule has 0 radical (unpaired) electrons. The Morgan fingerprint density at radius 3 is 2.34 bits per heavy atom. The molecular weight excluding hydrogens is 478 g/mol. The van der Waals surface area contributed by atoms with Crippen molar-refractivity contribution in [3.05, 3.63) is 98.9 Å². The SMILES string of the molecule is CCOc1cc(C2c3c(oc4ccc(C)cc4c3=O)C(=O)N2c2ccc(C)cc2)ccc1OCCC(C)C. The van der Waals surface area contributed by atoms with Crippen LogP contribution in [0, 0.1) is 19.8 Å². The van der Waals surface area contributed by atoms with Crippen molar-refractivity contribution in [3.63, 3.8) is 0 Å². The molecule has 0 spiro atoms. The molecule has 0 fully saturated rings. The number of hydrogen-bond donors (Lipinski definition) is 0. The van der Waals surface area contributed by atoms with E-state index in [1.165, 1.54) is 0 Å². The highest BCUT2D eigenvalue weighted by molar-refractivity contribution is 6.10. The van der Waals surface area contributed by atoms with E-state index in [1.54, 1.807) is 11.0 Å². The fourth-order valence-corrected chi connectivity index (χ4v) is 4.86. The van der Waals surface area contributed by atoms with Crippen LogP contribution in [-0.2, 0) is 0 Å². The van der Waals surface area contributed by atoms with Crippen LogP contribution in [0.25, 0.3) is 11.0 Å². The van der Waals surface area contributed by atoms with Gasteiger partial charge in [0.25, 0.3) is 5.91 Å². The Balaban J connectivity index is 1.69. The number of carbonyl (C=O) groups is 1. The van der Waals surface area contributed by atoms with Crippen LogP contribution in [0.3, 0.4) is 0 Å². The number of fused-ring (bicyclic) bond motifs is 2. The minimum absolute atomic E-state index is 0.0761. The quantitative estimate of drug-likeness (QED) is 0.255. The van der Waals surface area contributed by atoms with Crippen molar-refractivity contribution in [3.8, 4) is 11.5 Å². The maximum atomic E-state index is 13.9. The number of carbonyl (C=O) groups excluding carboxylic acids is 1. The van der Waals surface area contributed by atoms with E-state index in [9.17, 15) is 9.59 Å². The van der Waals surface area contributed by atoms with Gasteiger partial charge < -0.3 is 13.9 Å². The lowest BCUT2D eigenvalue weighted by Crippen LogP contribution is -2.29. The molecule has 0 aliphatic carbocycles. The van der Waals surface area contributed by atoms with Crippen LogP contribution in [-0.4, -0.2) is 19.1 Å². The number of benzene rings is 3. The zero-order valence-electron chi connectivity index (χ0n) is 22.5. The summed E-state index contributed by atoms with van der Waals surface area (Å²) in [7, 11) is 0. The van der Waals surface area contributed by atoms with Crippen molar-refractivity contribution in [1.82, 2.24) is 0 Å². The number of amides is 1. The molecule has 2 heterocycles. The fourth-order valence-electron chi connectivity index (χ4n) is 4.86. The summed E-state index contributed by atoms with van der Waals surface area (Å²) in [6.45, 7) is 11.2. The normalized spacial score (nSPS) is 14.8. The highest BCUT2D eigenvalue weighted by Gasteiger charge is 2.44. The predicted octanol–water partition coefficient (Wildman–Crippen LogP) is 6.98. The zero-order chi connectivity index (χ0) is 27.0. The summed E-state index contributed by atoms with van der Waals surface area (Å²) in [5, 5.41) is 0.464. The largest absolute Gasteiger partial charge is 0.490 e. The van der Waals surface area contributed by atoms with E-state index in [4.69, 9.17) is 13.9 Å². The first-order valence-electron chi connectivity index (χ1n) is 13.2. The van der Waals surface area contributed by atoms with E-state index in [1.807, 2.05) is 75.4 Å². The third-order valence-electron chi connectivity index (χ3n) is 6.87. The zero-order valence-corrected chi connectivity index (χ0v) is 22.5. The molecule has 6 heteroatoms. The fraction of sp³-hybridized carbons (Fsp3) is 0.312. The van der Waals surface area contributed by atoms with Gasteiger partial charge in [-0.2, -0.15) is 0 Å². The predicted molar refractivity (Wildman–Crippen MR) is 150 cm³/mol. The van der Waals surface area contributed by atoms with Crippen LogP contribution in [0.1, 0.15) is 66.0 Å². The van der Waals surface area contributed by atoms with Gasteiger partial charge in [-0.1, -0.05) is 49.2 Å². The van der Waals surface area contributed by atoms with E-state index in [2.05, 4.69) is 13.8 Å². The maximum Gasteiger partial charge on any atom is 0.295 e. The number of aryl methyl sites for hydroxylation is 2. The Morgan fingerprint density at radius 2 is 1.63 bits per heavy atom. The number of ether oxygens (including phenoxy) is 2. The number of nitrogens with zero attached hydrogens (tertiary/aromatic N) is 1. The molecule has 6 nitrogen and oxygen atoms in total. The van der Waals surface area contributed by atoms with E-state index in [-0.39, 0.29) is 17.1 Å². The highest BCUT2D eigenvalue weighted by Crippen LogP contribution is 2.43. The Morgan fingerprint density at radius 1 is 0.895 bits per heavy atom. The molecule has 0 saturated heterocycles. The van der Waals surface area contributed by atoms with Crippen molar-refractivity contribution in [2.45, 2.75) is 47.1 Å². The van der Waals surface area contributed by atoms with E-state index < -0.39 is 6.04 Å². The second kappa shape index (κ2) is 10.4. The molecule has 196 valence electrons. The van der Waals surface area contributed by atoms with Crippen LogP contribution < -0.4 is 19.8 Å². The van der Waals surface area contributed by atoms with Crippen LogP contribution in [0.2, 0.25) is 0 Å². The molecule has 4 aromatic rings. The molecule has 1 aliphatic heterocycles. The molecule has 5 rings (SSSR count). The highest BCUT2D eigenvalue weighted by atomic mass is 16.5. The maximum absolute atomic E-state index is 13.9. The molecule has 1 aromatic heterocycles. The van der Waals surface area contributed by atoms with Gasteiger partial charge in [0.1, 0.15) is 5.58 Å². The summed E-state index contributed by atoms with van der Waals surface area (Å²) in [5.41, 5.74) is 4.00. The minimum atomic E-state index is -0.676. The summed E-state index contributed by atoms with van der Waals surface area (Å²) in [5.74, 6) is 1.48. The molecule has 1 atom stereocenters. The number of rotatable bonds is 8. The average molecular weight is 512 g/mol. The second-order valence-corrected chi connectivity index (χ2v) is 10.3. The molecule has 1 amide bonds. The van der Waals surface area contributed by atoms with Crippen molar-refractivity contribution < 1.29 is 18.7 Å². The van der Waals surface area contributed by atoms with Gasteiger partial charge in [0.2, 0.25) is 5.76 Å². The first-order chi connectivity index (χ1) is 18.3. The molecule has 1 aliphatic rings. The van der Waals surface area contributed by atoms with Crippen LogP contribution in [0.4, 0.5) is 5.69 Å². The van der Waals surface area contributed by atoms with Gasteiger partial charge in [-0.15, -0.1) is 0 Å². The van der Waals surface area contributed by atoms with Crippen molar-refractivity contribution >= 4 is 22.6 Å². The lowest BCUT2D eigenvalue weighted by Gasteiger charge is -2.26. The Kier molecular flexibility index (Phi) is 6.98. The Labute approximate surface area is 222 Å². The van der Waals surface area contributed by atoms with Crippen LogP contribution >= 0.6 is 0 Å². The standard InChI is InChI=1S/C32H33NO5/c1-6-36-27-18-22(10-14-26(27)37-16-15-19(2)3)29-28-30(34)24-17-21(5)9-13-25(24)38-31(28)32(35)33(29)23-11-7-20(4)8-12-23/h7-14,17-19,29H,6,15-16H2,1-5H3. The van der Waals surface area contributed by atoms with Gasteiger partial charge in [-0.3, -0.25) is 14.5 Å². The van der Waals surface area contributed by atoms with Gasteiger partial charge in [0.15, 0.2) is 16.9 Å². The molecule has 3 aromatic carbocycles. The van der Waals surface area contributed by atoms with Crippen LogP contribution in [0.15, 0.2) is 69.9 Å². The summed E-state index contributed by atoms with van der Waals surface area (Å²) in [4.78, 5) is 29.4. The smallest absolute Gasteiger partial charge is 0.295 e. The lowest BCUT2D eigenvalue weighted by molar-refractivity contribution is 0.0971. The molecule has 0 N–H and O–H groups in total. The van der Waals surface area contributed by atoms with Gasteiger partial charge >= 0.3 is 0 Å². The second-order valence-electron chi connectivity index (χ2n) is 10.3. The molecular formula is C32H33NO5. The first kappa shape index (κ1) is 25.6. The number of anilines is 1. The van der Waals surface area contributed by atoms with Gasteiger partial charge in [0.05, 0.1) is 30.2 Å². The van der Waals surface area contributed by atoms with Gasteiger partial charge in [0, 0.05) is 5.69 Å². The Bertz CT molecular complexity index is 1550. The average Bonchev–Trinajstić information content (AvgIpc) is 3.18. The summed E-state index contributed by atoms with van der Waals surface area (Å²) in [6.07, 6.45) is 0.923. The Hall–Kier alpha value is -4.06. The van der Waals surface area contributed by atoms with E-state index in [0.29, 0.717) is 52.9 Å². The van der Waals surface area contributed by atoms with Gasteiger partial charge in [-0.25, -0.2) is 0 Å². The lowest BCUT2D eigenvalue weighted by atomic mass is 9.97. The minimum Gasteiger partial charge on any atom is -0.490 e. The molecule has 0 bridgehead atoms. The summed E-state index contributed by atoms with van der Waals surface area (Å²) in [6, 6.07) is 18.1. The third-order valence-corrected chi connectivity index (χ3v) is 6.87. The summed E-state index contributed by atoms with van der Waals surface area (Å²) < 4.78 is 18.1. The van der Waals surface area contributed by atoms with Crippen molar-refractivity contribution in [1.29, 1.82) is 0 Å². The topological polar surface area (TPSA) is 69.0 Å². The van der Waals surface area contributed by atoms with Gasteiger partial charge in [-0.05, 0) is 75.1 Å². The van der Waals surface area contributed by atoms with Crippen molar-refractivity contribution in [2.24, 2.45) is 5.92 Å². The van der Waals surface area contributed by atoms with E-state index in [0.717, 1.165) is 23.1 Å². The molecule has 38 heavy (non-hydrogen) atoms. The summed E-state index contributed by atoms with van der Waals surface area (Å²) >= 11 is 0. The van der Waals surface area contributed by atoms with Crippen LogP contribution in [0.5, 0.6) is 11.5 Å². The monoisotopic (exact) mass is 511 g/mol. The first-order valence-corrected chi connectivity index (χ1v) is 13.2. The number of hydrogen-bond acceptors (Lipinski definition) is 5.